The molecule has 22 heavy (non-hydrogen) atoms. The molecule has 2 aromatic carbocycles. The molecule has 1 aromatic heterocycles. The Kier molecular flexibility index (Phi) is 4.82. The van der Waals surface area contributed by atoms with Crippen LogP contribution in [0.5, 0.6) is 5.75 Å². The minimum atomic E-state index is -0.829. The predicted octanol–water partition coefficient (Wildman–Crippen LogP) is 4.69. The molecule has 3 heteroatoms. The zero-order valence-electron chi connectivity index (χ0n) is 12.5. The van der Waals surface area contributed by atoms with E-state index in [0.717, 1.165) is 17.3 Å². The standard InChI is InChI=1S/C19H18NOP/c1-16-10-12-17(13-11-16)15-22(19-9-5-6-14-20-19)21-18-7-3-2-4-8-18/h2-14H,15H2,1H3. The SMILES string of the molecule is Cc1ccc(CP(Oc2ccccc2)c2ccccn2)cc1. The average Bonchev–Trinajstić information content (AvgIpc) is 2.58. The van der Waals surface area contributed by atoms with E-state index < -0.39 is 8.15 Å². The minimum Gasteiger partial charge on any atom is -0.467 e. The van der Waals surface area contributed by atoms with E-state index in [0.29, 0.717) is 0 Å². The molecule has 2 nitrogen and oxygen atoms in total. The van der Waals surface area contributed by atoms with Gasteiger partial charge in [-0.2, -0.15) is 0 Å². The van der Waals surface area contributed by atoms with Crippen LogP contribution in [0.1, 0.15) is 11.1 Å². The molecular formula is C19H18NOP. The molecule has 0 aliphatic carbocycles. The van der Waals surface area contributed by atoms with Gasteiger partial charge in [0.1, 0.15) is 19.3 Å². The third-order valence-electron chi connectivity index (χ3n) is 3.31. The molecule has 0 aliphatic rings. The molecule has 110 valence electrons. The molecule has 1 heterocycles. The van der Waals surface area contributed by atoms with Crippen LogP contribution in [0.25, 0.3) is 0 Å². The van der Waals surface area contributed by atoms with Crippen molar-refractivity contribution >= 4 is 13.6 Å². The molecule has 0 bridgehead atoms. The Labute approximate surface area is 132 Å². The Morgan fingerprint density at radius 3 is 2.27 bits per heavy atom. The molecule has 0 saturated heterocycles. The lowest BCUT2D eigenvalue weighted by atomic mass is 10.2. The van der Waals surface area contributed by atoms with Crippen LogP contribution in [0.4, 0.5) is 0 Å². The molecular weight excluding hydrogens is 289 g/mol. The lowest BCUT2D eigenvalue weighted by molar-refractivity contribution is 0.619. The van der Waals surface area contributed by atoms with Crippen LogP contribution in [-0.4, -0.2) is 4.98 Å². The Balaban J connectivity index is 1.84. The molecule has 0 aliphatic heterocycles. The van der Waals surface area contributed by atoms with E-state index in [1.165, 1.54) is 11.1 Å². The van der Waals surface area contributed by atoms with Gasteiger partial charge in [-0.15, -0.1) is 0 Å². The van der Waals surface area contributed by atoms with Gasteiger partial charge >= 0.3 is 0 Å². The van der Waals surface area contributed by atoms with Crippen molar-refractivity contribution in [3.63, 3.8) is 0 Å². The van der Waals surface area contributed by atoms with Crippen LogP contribution in [-0.2, 0) is 6.16 Å². The van der Waals surface area contributed by atoms with E-state index in [1.807, 2.05) is 54.7 Å². The van der Waals surface area contributed by atoms with Crippen molar-refractivity contribution in [3.05, 3.63) is 90.1 Å². The van der Waals surface area contributed by atoms with Crippen LogP contribution >= 0.6 is 8.15 Å². The first-order valence-electron chi connectivity index (χ1n) is 7.28. The first-order valence-corrected chi connectivity index (χ1v) is 8.73. The number of nitrogens with zero attached hydrogens (tertiary/aromatic N) is 1. The maximum atomic E-state index is 6.24. The van der Waals surface area contributed by atoms with Crippen LogP contribution in [0.2, 0.25) is 0 Å². The number of hydrogen-bond acceptors (Lipinski definition) is 2. The second-order valence-corrected chi connectivity index (χ2v) is 6.83. The predicted molar refractivity (Wildman–Crippen MR) is 92.7 cm³/mol. The summed E-state index contributed by atoms with van der Waals surface area (Å²) in [4.78, 5) is 4.49. The van der Waals surface area contributed by atoms with Crippen molar-refractivity contribution in [3.8, 4) is 5.75 Å². The van der Waals surface area contributed by atoms with Crippen LogP contribution < -0.4 is 9.96 Å². The third-order valence-corrected chi connectivity index (χ3v) is 5.17. The molecule has 0 amide bonds. The van der Waals surface area contributed by atoms with E-state index in [1.54, 1.807) is 0 Å². The van der Waals surface area contributed by atoms with Crippen molar-refractivity contribution in [1.82, 2.24) is 4.98 Å². The monoisotopic (exact) mass is 307 g/mol. The maximum absolute atomic E-state index is 6.24. The number of rotatable bonds is 5. The summed E-state index contributed by atoms with van der Waals surface area (Å²) in [5.41, 5.74) is 3.56. The number of aromatic nitrogens is 1. The van der Waals surface area contributed by atoms with Gasteiger partial charge in [0.15, 0.2) is 0 Å². The first kappa shape index (κ1) is 14.7. The summed E-state index contributed by atoms with van der Waals surface area (Å²) in [5.74, 6) is 0.895. The quantitative estimate of drug-likeness (QED) is 0.638. The highest BCUT2D eigenvalue weighted by molar-refractivity contribution is 7.60. The topological polar surface area (TPSA) is 22.1 Å². The Bertz CT molecular complexity index is 699. The van der Waals surface area contributed by atoms with E-state index in [4.69, 9.17) is 4.52 Å². The zero-order valence-corrected chi connectivity index (χ0v) is 13.4. The van der Waals surface area contributed by atoms with Gasteiger partial charge in [-0.3, -0.25) is 4.98 Å². The molecule has 0 spiro atoms. The summed E-state index contributed by atoms with van der Waals surface area (Å²) in [6.45, 7) is 2.10. The summed E-state index contributed by atoms with van der Waals surface area (Å²) in [5, 5.41) is 0. The van der Waals surface area contributed by atoms with Gasteiger partial charge in [0.25, 0.3) is 0 Å². The third kappa shape index (κ3) is 3.93. The van der Waals surface area contributed by atoms with Gasteiger partial charge in [0, 0.05) is 12.4 Å². The lowest BCUT2D eigenvalue weighted by Gasteiger charge is -2.18. The summed E-state index contributed by atoms with van der Waals surface area (Å²) >= 11 is 0. The zero-order chi connectivity index (χ0) is 15.2. The lowest BCUT2D eigenvalue weighted by Crippen LogP contribution is -2.10. The van der Waals surface area contributed by atoms with Crippen molar-refractivity contribution < 1.29 is 4.52 Å². The van der Waals surface area contributed by atoms with Crippen LogP contribution in [0, 0.1) is 6.92 Å². The molecule has 0 N–H and O–H groups in total. The summed E-state index contributed by atoms with van der Waals surface area (Å²) < 4.78 is 6.24. The summed E-state index contributed by atoms with van der Waals surface area (Å²) in [6.07, 6.45) is 2.69. The highest BCUT2D eigenvalue weighted by Crippen LogP contribution is 2.40. The number of para-hydroxylation sites is 1. The van der Waals surface area contributed by atoms with E-state index in [2.05, 4.69) is 36.2 Å². The van der Waals surface area contributed by atoms with E-state index in [9.17, 15) is 0 Å². The number of benzene rings is 2. The fourth-order valence-corrected chi connectivity index (χ4v) is 3.82. The van der Waals surface area contributed by atoms with Gasteiger partial charge in [0.2, 0.25) is 0 Å². The van der Waals surface area contributed by atoms with Gasteiger partial charge < -0.3 is 4.52 Å². The normalized spacial score (nSPS) is 11.9. The van der Waals surface area contributed by atoms with E-state index >= 15 is 0 Å². The largest absolute Gasteiger partial charge is 0.467 e. The highest BCUT2D eigenvalue weighted by Gasteiger charge is 2.16. The highest BCUT2D eigenvalue weighted by atomic mass is 31.1. The smallest absolute Gasteiger partial charge is 0.142 e. The van der Waals surface area contributed by atoms with Gasteiger partial charge in [0.05, 0.1) is 0 Å². The van der Waals surface area contributed by atoms with Gasteiger partial charge in [-0.05, 0) is 36.8 Å². The molecule has 0 fully saturated rings. The van der Waals surface area contributed by atoms with Gasteiger partial charge in [-0.25, -0.2) is 0 Å². The minimum absolute atomic E-state index is 0.829. The molecule has 1 atom stereocenters. The van der Waals surface area contributed by atoms with Crippen molar-refractivity contribution in [2.24, 2.45) is 0 Å². The van der Waals surface area contributed by atoms with Crippen molar-refractivity contribution in [2.45, 2.75) is 13.1 Å². The maximum Gasteiger partial charge on any atom is 0.142 e. The number of pyridine rings is 1. The van der Waals surface area contributed by atoms with Gasteiger partial charge in [-0.1, -0.05) is 54.1 Å². The molecule has 3 rings (SSSR count). The Morgan fingerprint density at radius 2 is 1.59 bits per heavy atom. The number of hydrogen-bond donors (Lipinski definition) is 0. The molecule has 1 unspecified atom stereocenters. The average molecular weight is 307 g/mol. The summed E-state index contributed by atoms with van der Waals surface area (Å²) in [6, 6.07) is 24.6. The Hall–Kier alpha value is -2.18. The fraction of sp³-hybridized carbons (Fsp3) is 0.105. The fourth-order valence-electron chi connectivity index (χ4n) is 2.13. The number of aryl methyl sites for hydroxylation is 1. The first-order chi connectivity index (χ1) is 10.8. The molecule has 0 radical (unpaired) electrons. The van der Waals surface area contributed by atoms with Crippen molar-refractivity contribution in [1.29, 1.82) is 0 Å². The van der Waals surface area contributed by atoms with Crippen molar-refractivity contribution in [2.75, 3.05) is 0 Å². The van der Waals surface area contributed by atoms with E-state index in [-0.39, 0.29) is 0 Å². The second-order valence-electron chi connectivity index (χ2n) is 5.11. The van der Waals surface area contributed by atoms with Crippen LogP contribution in [0.3, 0.4) is 0 Å². The Morgan fingerprint density at radius 1 is 0.864 bits per heavy atom. The molecule has 0 saturated carbocycles. The van der Waals surface area contributed by atoms with Crippen LogP contribution in [0.15, 0.2) is 79.0 Å². The second kappa shape index (κ2) is 7.20. The molecule has 3 aromatic rings. The summed E-state index contributed by atoms with van der Waals surface area (Å²) in [7, 11) is -0.829.